The molecular formula is C18H23N. The monoisotopic (exact) mass is 253 g/mol. The van der Waals surface area contributed by atoms with Crippen molar-refractivity contribution in [3.8, 4) is 0 Å². The van der Waals surface area contributed by atoms with Gasteiger partial charge < -0.3 is 5.32 Å². The van der Waals surface area contributed by atoms with Crippen molar-refractivity contribution in [2.24, 2.45) is 0 Å². The maximum absolute atomic E-state index is 3.48. The van der Waals surface area contributed by atoms with Crippen LogP contribution in [0.25, 0.3) is 0 Å². The summed E-state index contributed by atoms with van der Waals surface area (Å²) in [6, 6.07) is 19.5. The van der Waals surface area contributed by atoms with Crippen molar-refractivity contribution >= 4 is 5.69 Å². The van der Waals surface area contributed by atoms with Crippen LogP contribution in [0, 0.1) is 0 Å². The first-order chi connectivity index (χ1) is 9.38. The van der Waals surface area contributed by atoms with Crippen LogP contribution < -0.4 is 5.32 Å². The van der Waals surface area contributed by atoms with Crippen molar-refractivity contribution in [2.45, 2.75) is 32.6 Å². The van der Waals surface area contributed by atoms with Crippen LogP contribution in [-0.2, 0) is 12.8 Å². The Balaban J connectivity index is 1.70. The highest BCUT2D eigenvalue weighted by molar-refractivity contribution is 5.44. The molecule has 0 heterocycles. The van der Waals surface area contributed by atoms with Gasteiger partial charge >= 0.3 is 0 Å². The summed E-state index contributed by atoms with van der Waals surface area (Å²) in [6.45, 7) is 3.25. The van der Waals surface area contributed by atoms with Gasteiger partial charge in [0.2, 0.25) is 0 Å². The van der Waals surface area contributed by atoms with Gasteiger partial charge in [-0.25, -0.2) is 0 Å². The van der Waals surface area contributed by atoms with Crippen LogP contribution in [-0.4, -0.2) is 6.54 Å². The summed E-state index contributed by atoms with van der Waals surface area (Å²) in [5.74, 6) is 0. The van der Waals surface area contributed by atoms with Crippen molar-refractivity contribution < 1.29 is 0 Å². The van der Waals surface area contributed by atoms with E-state index in [1.165, 1.54) is 36.1 Å². The van der Waals surface area contributed by atoms with Crippen LogP contribution >= 0.6 is 0 Å². The van der Waals surface area contributed by atoms with Gasteiger partial charge in [0.05, 0.1) is 0 Å². The van der Waals surface area contributed by atoms with Gasteiger partial charge in [0.15, 0.2) is 0 Å². The quantitative estimate of drug-likeness (QED) is 0.706. The van der Waals surface area contributed by atoms with Gasteiger partial charge in [-0.1, -0.05) is 55.8 Å². The van der Waals surface area contributed by atoms with Crippen LogP contribution in [0.5, 0.6) is 0 Å². The van der Waals surface area contributed by atoms with Gasteiger partial charge in [0.25, 0.3) is 0 Å². The molecule has 1 N–H and O–H groups in total. The molecule has 2 aromatic rings. The largest absolute Gasteiger partial charge is 0.385 e. The van der Waals surface area contributed by atoms with Crippen LogP contribution in [0.4, 0.5) is 5.69 Å². The minimum atomic E-state index is 1.03. The molecule has 0 radical (unpaired) electrons. The number of aryl methyl sites for hydroxylation is 2. The summed E-state index contributed by atoms with van der Waals surface area (Å²) in [6.07, 6.45) is 4.70. The molecule has 2 rings (SSSR count). The summed E-state index contributed by atoms with van der Waals surface area (Å²) >= 11 is 0. The van der Waals surface area contributed by atoms with Gasteiger partial charge in [-0.2, -0.15) is 0 Å². The Morgan fingerprint density at radius 1 is 0.789 bits per heavy atom. The van der Waals surface area contributed by atoms with Crippen molar-refractivity contribution in [1.29, 1.82) is 0 Å². The third-order valence-corrected chi connectivity index (χ3v) is 3.31. The molecule has 19 heavy (non-hydrogen) atoms. The second-order valence-electron chi connectivity index (χ2n) is 4.96. The van der Waals surface area contributed by atoms with E-state index in [1.54, 1.807) is 0 Å². The van der Waals surface area contributed by atoms with Crippen molar-refractivity contribution in [1.82, 2.24) is 0 Å². The molecule has 0 saturated carbocycles. The fourth-order valence-corrected chi connectivity index (χ4v) is 2.25. The van der Waals surface area contributed by atoms with E-state index in [4.69, 9.17) is 0 Å². The molecule has 0 saturated heterocycles. The molecule has 0 atom stereocenters. The number of hydrogen-bond donors (Lipinski definition) is 1. The minimum Gasteiger partial charge on any atom is -0.385 e. The van der Waals surface area contributed by atoms with E-state index < -0.39 is 0 Å². The van der Waals surface area contributed by atoms with Gasteiger partial charge in [-0.05, 0) is 42.5 Å². The molecule has 0 fully saturated rings. The number of benzene rings is 2. The lowest BCUT2D eigenvalue weighted by molar-refractivity contribution is 0.862. The maximum atomic E-state index is 3.48. The third kappa shape index (κ3) is 4.78. The average Bonchev–Trinajstić information content (AvgIpc) is 2.47. The first kappa shape index (κ1) is 13.7. The number of nitrogens with one attached hydrogen (secondary N) is 1. The minimum absolute atomic E-state index is 1.03. The Morgan fingerprint density at radius 2 is 1.47 bits per heavy atom. The highest BCUT2D eigenvalue weighted by atomic mass is 14.9. The molecule has 2 aromatic carbocycles. The average molecular weight is 253 g/mol. The summed E-state index contributed by atoms with van der Waals surface area (Å²) < 4.78 is 0. The highest BCUT2D eigenvalue weighted by Gasteiger charge is 1.95. The Kier molecular flexibility index (Phi) is 5.49. The Bertz CT molecular complexity index is 459. The van der Waals surface area contributed by atoms with Gasteiger partial charge in [-0.3, -0.25) is 0 Å². The summed E-state index contributed by atoms with van der Waals surface area (Å²) in [4.78, 5) is 0. The van der Waals surface area contributed by atoms with Gasteiger partial charge in [0, 0.05) is 12.2 Å². The van der Waals surface area contributed by atoms with Gasteiger partial charge in [0.1, 0.15) is 0 Å². The summed E-state index contributed by atoms with van der Waals surface area (Å²) in [5, 5.41) is 3.48. The van der Waals surface area contributed by atoms with Crippen LogP contribution in [0.15, 0.2) is 54.6 Å². The first-order valence-corrected chi connectivity index (χ1v) is 7.25. The number of anilines is 1. The van der Waals surface area contributed by atoms with E-state index in [0.29, 0.717) is 0 Å². The lowest BCUT2D eigenvalue weighted by Crippen LogP contribution is -2.02. The van der Waals surface area contributed by atoms with E-state index in [0.717, 1.165) is 13.0 Å². The van der Waals surface area contributed by atoms with E-state index in [-0.39, 0.29) is 0 Å². The predicted octanol–water partition coefficient (Wildman–Crippen LogP) is 4.68. The SMILES string of the molecule is CCCc1ccc(NCCCc2ccccc2)cc1. The van der Waals surface area contributed by atoms with Crippen molar-refractivity contribution in [3.05, 3.63) is 65.7 Å². The molecule has 1 heteroatoms. The Labute approximate surface area is 116 Å². The molecule has 0 aliphatic heterocycles. The second kappa shape index (κ2) is 7.63. The van der Waals surface area contributed by atoms with E-state index in [2.05, 4.69) is 66.8 Å². The molecule has 0 aliphatic carbocycles. The van der Waals surface area contributed by atoms with Crippen LogP contribution in [0.2, 0.25) is 0 Å². The molecule has 100 valence electrons. The lowest BCUT2D eigenvalue weighted by Gasteiger charge is -2.07. The molecule has 0 aromatic heterocycles. The number of hydrogen-bond acceptors (Lipinski definition) is 1. The van der Waals surface area contributed by atoms with Gasteiger partial charge in [-0.15, -0.1) is 0 Å². The molecule has 0 amide bonds. The zero-order valence-electron chi connectivity index (χ0n) is 11.7. The third-order valence-electron chi connectivity index (χ3n) is 3.31. The van der Waals surface area contributed by atoms with E-state index in [1.807, 2.05) is 0 Å². The molecular weight excluding hydrogens is 230 g/mol. The normalized spacial score (nSPS) is 10.4. The summed E-state index contributed by atoms with van der Waals surface area (Å²) in [7, 11) is 0. The second-order valence-corrected chi connectivity index (χ2v) is 4.96. The van der Waals surface area contributed by atoms with Crippen molar-refractivity contribution in [3.63, 3.8) is 0 Å². The van der Waals surface area contributed by atoms with E-state index in [9.17, 15) is 0 Å². The van der Waals surface area contributed by atoms with Crippen LogP contribution in [0.3, 0.4) is 0 Å². The fraction of sp³-hybridized carbons (Fsp3) is 0.333. The van der Waals surface area contributed by atoms with E-state index >= 15 is 0 Å². The standard InChI is InChI=1S/C18H23N/c1-2-7-16-11-13-18(14-12-16)19-15-6-10-17-8-4-3-5-9-17/h3-5,8-9,11-14,19H,2,6-7,10,15H2,1H3. The fourth-order valence-electron chi connectivity index (χ4n) is 2.25. The molecule has 1 nitrogen and oxygen atoms in total. The zero-order chi connectivity index (χ0) is 13.3. The Morgan fingerprint density at radius 3 is 2.16 bits per heavy atom. The lowest BCUT2D eigenvalue weighted by atomic mass is 10.1. The summed E-state index contributed by atoms with van der Waals surface area (Å²) in [5.41, 5.74) is 4.08. The first-order valence-electron chi connectivity index (χ1n) is 7.25. The van der Waals surface area contributed by atoms with Crippen molar-refractivity contribution in [2.75, 3.05) is 11.9 Å². The maximum Gasteiger partial charge on any atom is 0.0340 e. The number of rotatable bonds is 7. The van der Waals surface area contributed by atoms with Crippen LogP contribution in [0.1, 0.15) is 30.9 Å². The highest BCUT2D eigenvalue weighted by Crippen LogP contribution is 2.11. The predicted molar refractivity (Wildman–Crippen MR) is 83.7 cm³/mol. The molecule has 0 spiro atoms. The molecule has 0 bridgehead atoms. The molecule has 0 aliphatic rings. The smallest absolute Gasteiger partial charge is 0.0340 e. The zero-order valence-corrected chi connectivity index (χ0v) is 11.7. The molecule has 0 unspecified atom stereocenters. The topological polar surface area (TPSA) is 12.0 Å². The Hall–Kier alpha value is -1.76.